The van der Waals surface area contributed by atoms with Gasteiger partial charge in [-0.3, -0.25) is 0 Å². The molecule has 0 saturated carbocycles. The first-order valence-electron chi connectivity index (χ1n) is 4.60. The Morgan fingerprint density at radius 3 is 2.17 bits per heavy atom. The van der Waals surface area contributed by atoms with Crippen LogP contribution in [0.5, 0.6) is 0 Å². The molecule has 0 saturated heterocycles. The molecule has 3 nitrogen and oxygen atoms in total. The van der Waals surface area contributed by atoms with E-state index in [2.05, 4.69) is 20.1 Å². The third-order valence-corrected chi connectivity index (χ3v) is 3.37. The summed E-state index contributed by atoms with van der Waals surface area (Å²) in [5.74, 6) is -0.375. The summed E-state index contributed by atoms with van der Waals surface area (Å²) in [6.07, 6.45) is 1.15. The van der Waals surface area contributed by atoms with E-state index in [9.17, 15) is 21.6 Å². The largest absolute Gasteiger partial charge is 0.534 e. The minimum atomic E-state index is -5.65. The molecule has 0 bridgehead atoms. The van der Waals surface area contributed by atoms with E-state index >= 15 is 0 Å². The van der Waals surface area contributed by atoms with Gasteiger partial charge in [0.2, 0.25) is 0 Å². The van der Waals surface area contributed by atoms with Crippen molar-refractivity contribution in [1.82, 2.24) is 0 Å². The molecule has 0 atom stereocenters. The fraction of sp³-hybridized carbons (Fsp3) is 0.200. The van der Waals surface area contributed by atoms with Gasteiger partial charge in [0.15, 0.2) is 0 Å². The Kier molecular flexibility index (Phi) is 4.44. The van der Waals surface area contributed by atoms with E-state index in [0.29, 0.717) is 4.47 Å². The van der Waals surface area contributed by atoms with Gasteiger partial charge in [0.25, 0.3) is 0 Å². The van der Waals surface area contributed by atoms with Crippen molar-refractivity contribution in [2.75, 3.05) is 0 Å². The Hall–Kier alpha value is -1.02. The second kappa shape index (κ2) is 5.31. The molecule has 0 aliphatic heterocycles. The summed E-state index contributed by atoms with van der Waals surface area (Å²) < 4.78 is 63.0. The van der Waals surface area contributed by atoms with Crippen LogP contribution in [0.15, 0.2) is 34.8 Å². The van der Waals surface area contributed by atoms with E-state index < -0.39 is 15.6 Å². The van der Waals surface area contributed by atoms with Gasteiger partial charge >= 0.3 is 15.6 Å². The fourth-order valence-corrected chi connectivity index (χ4v) is 1.83. The molecule has 0 fully saturated rings. The third-order valence-electron chi connectivity index (χ3n) is 1.87. The average molecular weight is 345 g/mol. The predicted molar refractivity (Wildman–Crippen MR) is 63.9 cm³/mol. The van der Waals surface area contributed by atoms with Crippen LogP contribution in [-0.2, 0) is 14.3 Å². The van der Waals surface area contributed by atoms with Crippen LogP contribution >= 0.6 is 15.9 Å². The summed E-state index contributed by atoms with van der Waals surface area (Å²) in [4.78, 5) is 0. The van der Waals surface area contributed by atoms with Gasteiger partial charge in [-0.2, -0.15) is 21.6 Å². The topological polar surface area (TPSA) is 43.4 Å². The van der Waals surface area contributed by atoms with Crippen molar-refractivity contribution in [3.63, 3.8) is 0 Å². The average Bonchev–Trinajstić information content (AvgIpc) is 2.25. The summed E-state index contributed by atoms with van der Waals surface area (Å²) >= 11 is 3.15. The van der Waals surface area contributed by atoms with Crippen molar-refractivity contribution >= 4 is 31.8 Å². The van der Waals surface area contributed by atoms with E-state index in [1.807, 2.05) is 0 Å². The summed E-state index contributed by atoms with van der Waals surface area (Å²) in [6, 6.07) is 5.99. The van der Waals surface area contributed by atoms with E-state index in [4.69, 9.17) is 0 Å². The molecule has 1 aromatic carbocycles. The number of benzene rings is 1. The maximum absolute atomic E-state index is 12.2. The Labute approximate surface area is 111 Å². The number of halogens is 4. The van der Waals surface area contributed by atoms with Gasteiger partial charge in [0.1, 0.15) is 5.76 Å². The lowest BCUT2D eigenvalue weighted by atomic mass is 10.2. The van der Waals surface area contributed by atoms with E-state index in [-0.39, 0.29) is 11.3 Å². The highest BCUT2D eigenvalue weighted by Crippen LogP contribution is 2.30. The van der Waals surface area contributed by atoms with Crippen LogP contribution in [0, 0.1) is 0 Å². The Balaban J connectivity index is 3.05. The molecule has 18 heavy (non-hydrogen) atoms. The first kappa shape index (κ1) is 15.0. The number of alkyl halides is 3. The number of hydrogen-bond acceptors (Lipinski definition) is 3. The van der Waals surface area contributed by atoms with Crippen LogP contribution in [0.1, 0.15) is 12.5 Å². The molecule has 1 aromatic rings. The molecular weight excluding hydrogens is 337 g/mol. The molecule has 0 aliphatic carbocycles. The highest BCUT2D eigenvalue weighted by Gasteiger charge is 2.48. The fourth-order valence-electron chi connectivity index (χ4n) is 1.04. The standard InChI is InChI=1S/C10H8BrF3O3S/c1-2-9(7-3-5-8(11)6-4-7)17-18(15,16)10(12,13)14/h2-6H,1H3. The first-order chi connectivity index (χ1) is 8.17. The van der Waals surface area contributed by atoms with Crippen LogP contribution < -0.4 is 0 Å². The van der Waals surface area contributed by atoms with Gasteiger partial charge < -0.3 is 4.18 Å². The second-order valence-corrected chi connectivity index (χ2v) is 5.60. The first-order valence-corrected chi connectivity index (χ1v) is 6.80. The maximum Gasteiger partial charge on any atom is 0.534 e. The molecule has 0 aromatic heterocycles. The molecule has 0 heterocycles. The van der Waals surface area contributed by atoms with Crippen LogP contribution in [0.25, 0.3) is 5.76 Å². The second-order valence-electron chi connectivity index (χ2n) is 3.14. The zero-order valence-electron chi connectivity index (χ0n) is 9.03. The van der Waals surface area contributed by atoms with Gasteiger partial charge in [-0.25, -0.2) is 0 Å². The molecule has 0 radical (unpaired) electrons. The van der Waals surface area contributed by atoms with Crippen molar-refractivity contribution in [3.05, 3.63) is 40.4 Å². The van der Waals surface area contributed by atoms with Gasteiger partial charge in [0.05, 0.1) is 0 Å². The minimum Gasteiger partial charge on any atom is -0.376 e. The van der Waals surface area contributed by atoms with E-state index in [1.165, 1.54) is 19.1 Å². The zero-order chi connectivity index (χ0) is 14.0. The normalized spacial score (nSPS) is 13.5. The lowest BCUT2D eigenvalue weighted by molar-refractivity contribution is -0.0509. The summed E-state index contributed by atoms with van der Waals surface area (Å²) in [5, 5.41) is 0. The van der Waals surface area contributed by atoms with Crippen LogP contribution in [0.3, 0.4) is 0 Å². The van der Waals surface area contributed by atoms with Crippen LogP contribution in [0.4, 0.5) is 13.2 Å². The van der Waals surface area contributed by atoms with Crippen molar-refractivity contribution in [1.29, 1.82) is 0 Å². The Morgan fingerprint density at radius 2 is 1.78 bits per heavy atom. The molecule has 0 amide bonds. The van der Waals surface area contributed by atoms with Crippen LogP contribution in [0.2, 0.25) is 0 Å². The molecular formula is C10H8BrF3O3S. The number of allylic oxidation sites excluding steroid dienone is 1. The molecule has 0 unspecified atom stereocenters. The molecule has 8 heteroatoms. The monoisotopic (exact) mass is 344 g/mol. The van der Waals surface area contributed by atoms with Crippen molar-refractivity contribution in [3.8, 4) is 0 Å². The SMILES string of the molecule is CC=C(OS(=O)(=O)C(F)(F)F)c1ccc(Br)cc1. The third kappa shape index (κ3) is 3.49. The summed E-state index contributed by atoms with van der Waals surface area (Å²) in [6.45, 7) is 1.38. The Bertz CT molecular complexity index is 547. The lowest BCUT2D eigenvalue weighted by Crippen LogP contribution is -2.25. The maximum atomic E-state index is 12.2. The number of hydrogen-bond donors (Lipinski definition) is 0. The van der Waals surface area contributed by atoms with Crippen molar-refractivity contribution in [2.24, 2.45) is 0 Å². The molecule has 0 spiro atoms. The van der Waals surface area contributed by atoms with Crippen molar-refractivity contribution in [2.45, 2.75) is 12.4 Å². The zero-order valence-corrected chi connectivity index (χ0v) is 11.4. The summed E-state index contributed by atoms with van der Waals surface area (Å²) in [5.41, 5.74) is -5.22. The van der Waals surface area contributed by atoms with Gasteiger partial charge in [-0.05, 0) is 25.1 Å². The van der Waals surface area contributed by atoms with Crippen LogP contribution in [-0.4, -0.2) is 13.9 Å². The molecule has 100 valence electrons. The lowest BCUT2D eigenvalue weighted by Gasteiger charge is -2.12. The van der Waals surface area contributed by atoms with Gasteiger partial charge in [-0.15, -0.1) is 0 Å². The van der Waals surface area contributed by atoms with Gasteiger partial charge in [-0.1, -0.05) is 28.1 Å². The molecule has 0 N–H and O–H groups in total. The molecule has 1 rings (SSSR count). The number of rotatable bonds is 3. The van der Waals surface area contributed by atoms with Gasteiger partial charge in [0, 0.05) is 10.0 Å². The van der Waals surface area contributed by atoms with E-state index in [0.717, 1.165) is 6.08 Å². The smallest absolute Gasteiger partial charge is 0.376 e. The van der Waals surface area contributed by atoms with E-state index in [1.54, 1.807) is 12.1 Å². The highest BCUT2D eigenvalue weighted by atomic mass is 79.9. The Morgan fingerprint density at radius 1 is 1.28 bits per heavy atom. The highest BCUT2D eigenvalue weighted by molar-refractivity contribution is 9.10. The van der Waals surface area contributed by atoms with Crippen molar-refractivity contribution < 1.29 is 25.8 Å². The quantitative estimate of drug-likeness (QED) is 0.477. The minimum absolute atomic E-state index is 0.230. The molecule has 0 aliphatic rings. The summed E-state index contributed by atoms with van der Waals surface area (Å²) in [7, 11) is -5.65. The predicted octanol–water partition coefficient (Wildman–Crippen LogP) is 3.68.